The van der Waals surface area contributed by atoms with Crippen LogP contribution in [0.4, 0.5) is 0 Å². The smallest absolute Gasteiger partial charge is 0.458 e. The van der Waals surface area contributed by atoms with Crippen LogP contribution in [0.15, 0.2) is 0 Å². The number of hydrogen-bond donors (Lipinski definition) is 0. The summed E-state index contributed by atoms with van der Waals surface area (Å²) in [6, 6.07) is 2.10. The predicted molar refractivity (Wildman–Crippen MR) is 120 cm³/mol. The van der Waals surface area contributed by atoms with Crippen molar-refractivity contribution in [3.8, 4) is 0 Å². The van der Waals surface area contributed by atoms with Crippen molar-refractivity contribution in [2.45, 2.75) is 104 Å². The fraction of sp³-hybridized carbons (Fsp3) is 1.00. The maximum absolute atomic E-state index is 6.34. The Morgan fingerprint density at radius 1 is 0.654 bits per heavy atom. The lowest BCUT2D eigenvalue weighted by Crippen LogP contribution is -2.47. The lowest BCUT2D eigenvalue weighted by atomic mass is 10.4. The van der Waals surface area contributed by atoms with Crippen LogP contribution in [0.3, 0.4) is 0 Å². The summed E-state index contributed by atoms with van der Waals surface area (Å²) in [4.78, 5) is 0. The van der Waals surface area contributed by atoms with Gasteiger partial charge in [0.15, 0.2) is 17.4 Å². The molecule has 0 aromatic rings. The maximum Gasteiger partial charge on any atom is 0.500 e. The summed E-state index contributed by atoms with van der Waals surface area (Å²) >= 11 is 0. The largest absolute Gasteiger partial charge is 0.500 e. The number of hydrogen-bond acceptors (Lipinski definition) is 4. The highest BCUT2D eigenvalue weighted by molar-refractivity contribution is 6.77. The van der Waals surface area contributed by atoms with Gasteiger partial charge in [0.25, 0.3) is 0 Å². The average Bonchev–Trinajstić information content (AvgIpc) is 2.54. The molecule has 0 rings (SSSR count). The first-order valence-corrected chi connectivity index (χ1v) is 18.7. The number of rotatable bonds is 18. The van der Waals surface area contributed by atoms with Crippen molar-refractivity contribution in [3.63, 3.8) is 0 Å². The van der Waals surface area contributed by atoms with Crippen LogP contribution in [0.5, 0.6) is 0 Å². The van der Waals surface area contributed by atoms with Gasteiger partial charge in [-0.15, -0.1) is 0 Å². The van der Waals surface area contributed by atoms with Crippen LogP contribution in [-0.2, 0) is 17.4 Å². The maximum atomic E-state index is 6.34. The molecule has 0 saturated carbocycles. The zero-order valence-corrected chi connectivity index (χ0v) is 21.9. The van der Waals surface area contributed by atoms with Crippen molar-refractivity contribution in [2.75, 3.05) is 19.8 Å². The van der Waals surface area contributed by atoms with E-state index >= 15 is 0 Å². The second kappa shape index (κ2) is 15.4. The minimum Gasteiger partial charge on any atom is -0.458 e. The molecule has 0 heterocycles. The third kappa shape index (κ3) is 13.6. The zero-order valence-electron chi connectivity index (χ0n) is 18.7. The quantitative estimate of drug-likeness (QED) is 0.201. The SMILES string of the molecule is CCCCO[Si](CCC[Si](C)(C)O[SiH](C)C)(OCCCC)OCCCC. The summed E-state index contributed by atoms with van der Waals surface area (Å²) in [7, 11) is -5.10. The topological polar surface area (TPSA) is 36.9 Å². The van der Waals surface area contributed by atoms with Crippen LogP contribution in [0, 0.1) is 0 Å². The van der Waals surface area contributed by atoms with Crippen molar-refractivity contribution in [3.05, 3.63) is 0 Å². The molecule has 0 aliphatic rings. The van der Waals surface area contributed by atoms with E-state index in [1.54, 1.807) is 0 Å². The van der Waals surface area contributed by atoms with E-state index in [0.29, 0.717) is 0 Å². The van der Waals surface area contributed by atoms with Gasteiger partial charge in [-0.05, 0) is 57.9 Å². The highest BCUT2D eigenvalue weighted by atomic mass is 28.4. The second-order valence-electron chi connectivity index (χ2n) is 8.07. The normalized spacial score (nSPS) is 12.9. The minimum atomic E-state index is -2.57. The lowest BCUT2D eigenvalue weighted by molar-refractivity contribution is 0.0561. The fourth-order valence-corrected chi connectivity index (χ4v) is 12.5. The van der Waals surface area contributed by atoms with Crippen LogP contribution in [0.25, 0.3) is 0 Å². The monoisotopic (exact) mass is 422 g/mol. The Labute approximate surface area is 167 Å². The molecule has 0 aliphatic carbocycles. The Kier molecular flexibility index (Phi) is 15.7. The first-order valence-electron chi connectivity index (χ1n) is 10.9. The van der Waals surface area contributed by atoms with Crippen molar-refractivity contribution in [1.29, 1.82) is 0 Å². The molecule has 7 heteroatoms. The summed E-state index contributed by atoms with van der Waals surface area (Å²) < 4.78 is 25.3. The highest BCUT2D eigenvalue weighted by Gasteiger charge is 2.41. The summed E-state index contributed by atoms with van der Waals surface area (Å²) in [6.45, 7) is 18.1. The third-order valence-corrected chi connectivity index (χ3v) is 13.2. The molecule has 4 nitrogen and oxygen atoms in total. The van der Waals surface area contributed by atoms with Gasteiger partial charge in [0, 0.05) is 25.9 Å². The minimum absolute atomic E-state index is 0.761. The van der Waals surface area contributed by atoms with E-state index < -0.39 is 26.2 Å². The van der Waals surface area contributed by atoms with Crippen LogP contribution in [-0.4, -0.2) is 46.0 Å². The molecule has 0 aromatic heterocycles. The van der Waals surface area contributed by atoms with E-state index in [4.69, 9.17) is 17.4 Å². The standard InChI is InChI=1S/C19H46O4Si3/c1-8-11-15-20-26(21-16-12-9-2,22-17-13-10-3)19-14-18-25(6,7)23-24(4)5/h24H,8-19H2,1-7H3. The molecule has 0 saturated heterocycles. The van der Waals surface area contributed by atoms with Gasteiger partial charge in [-0.1, -0.05) is 40.0 Å². The Morgan fingerprint density at radius 3 is 1.42 bits per heavy atom. The van der Waals surface area contributed by atoms with Crippen LogP contribution >= 0.6 is 0 Å². The van der Waals surface area contributed by atoms with Gasteiger partial charge in [-0.2, -0.15) is 0 Å². The van der Waals surface area contributed by atoms with Gasteiger partial charge in [0.2, 0.25) is 0 Å². The van der Waals surface area contributed by atoms with Crippen LogP contribution in [0.2, 0.25) is 38.3 Å². The molecule has 158 valence electrons. The Bertz CT molecular complexity index is 301. The zero-order chi connectivity index (χ0) is 19.9. The Balaban J connectivity index is 4.84. The van der Waals surface area contributed by atoms with E-state index in [9.17, 15) is 0 Å². The molecule has 0 radical (unpaired) electrons. The summed E-state index contributed by atoms with van der Waals surface area (Å²) in [6.07, 6.45) is 7.74. The molecule has 0 aromatic carbocycles. The molecule has 0 bridgehead atoms. The van der Waals surface area contributed by atoms with Crippen molar-refractivity contribution < 1.29 is 17.4 Å². The molecule has 0 aliphatic heterocycles. The molecule has 0 fully saturated rings. The van der Waals surface area contributed by atoms with Gasteiger partial charge in [-0.3, -0.25) is 0 Å². The molecule has 0 unspecified atom stereocenters. The highest BCUT2D eigenvalue weighted by Crippen LogP contribution is 2.25. The van der Waals surface area contributed by atoms with E-state index in [1.165, 1.54) is 6.04 Å². The summed E-state index contributed by atoms with van der Waals surface area (Å²) in [5.41, 5.74) is 0. The molecule has 0 atom stereocenters. The van der Waals surface area contributed by atoms with E-state index in [-0.39, 0.29) is 0 Å². The van der Waals surface area contributed by atoms with Crippen molar-refractivity contribution in [2.24, 2.45) is 0 Å². The van der Waals surface area contributed by atoms with Crippen molar-refractivity contribution >= 4 is 26.2 Å². The van der Waals surface area contributed by atoms with Gasteiger partial charge in [-0.25, -0.2) is 0 Å². The third-order valence-electron chi connectivity index (χ3n) is 4.28. The fourth-order valence-electron chi connectivity index (χ4n) is 2.89. The van der Waals surface area contributed by atoms with Gasteiger partial charge in [0.1, 0.15) is 0 Å². The lowest BCUT2D eigenvalue weighted by Gasteiger charge is -2.31. The predicted octanol–water partition coefficient (Wildman–Crippen LogP) is 5.97. The van der Waals surface area contributed by atoms with Gasteiger partial charge >= 0.3 is 8.80 Å². The van der Waals surface area contributed by atoms with Crippen LogP contribution < -0.4 is 0 Å². The van der Waals surface area contributed by atoms with Crippen molar-refractivity contribution in [1.82, 2.24) is 0 Å². The molecule has 0 spiro atoms. The van der Waals surface area contributed by atoms with E-state index in [0.717, 1.165) is 70.8 Å². The van der Waals surface area contributed by atoms with Gasteiger partial charge in [0.05, 0.1) is 0 Å². The molecular formula is C19H46O4Si3. The van der Waals surface area contributed by atoms with E-state index in [2.05, 4.69) is 47.0 Å². The van der Waals surface area contributed by atoms with Crippen LogP contribution in [0.1, 0.15) is 65.7 Å². The average molecular weight is 423 g/mol. The molecule has 0 amide bonds. The summed E-state index contributed by atoms with van der Waals surface area (Å²) in [5, 5.41) is 0. The molecular weight excluding hydrogens is 376 g/mol. The first-order chi connectivity index (χ1) is 12.3. The summed E-state index contributed by atoms with van der Waals surface area (Å²) in [5.74, 6) is 0. The molecule has 0 N–H and O–H groups in total. The number of unbranched alkanes of at least 4 members (excludes halogenated alkanes) is 3. The Morgan fingerprint density at radius 2 is 1.08 bits per heavy atom. The Hall–Kier alpha value is 0.491. The van der Waals surface area contributed by atoms with E-state index in [1.807, 2.05) is 0 Å². The second-order valence-corrected chi connectivity index (χ2v) is 17.9. The molecule has 26 heavy (non-hydrogen) atoms. The van der Waals surface area contributed by atoms with Gasteiger partial charge < -0.3 is 17.4 Å². The first kappa shape index (κ1) is 26.5.